The van der Waals surface area contributed by atoms with E-state index in [2.05, 4.69) is 37.4 Å². The van der Waals surface area contributed by atoms with Crippen LogP contribution in [0.25, 0.3) is 0 Å². The summed E-state index contributed by atoms with van der Waals surface area (Å²) in [6.45, 7) is 7.89. The first kappa shape index (κ1) is 14.3. The Morgan fingerprint density at radius 1 is 1.36 bits per heavy atom. The zero-order chi connectivity index (χ0) is 10.8. The van der Waals surface area contributed by atoms with Crippen LogP contribution in [0, 0.1) is 0 Å². The number of hydrogen-bond donors (Lipinski definition) is 1. The van der Waals surface area contributed by atoms with Crippen molar-refractivity contribution >= 4 is 11.8 Å². The Hall–Kier alpha value is 0.270. The van der Waals surface area contributed by atoms with Gasteiger partial charge in [0.2, 0.25) is 0 Å². The van der Waals surface area contributed by atoms with E-state index in [9.17, 15) is 0 Å². The molecule has 2 nitrogen and oxygen atoms in total. The maximum Gasteiger partial charge on any atom is 0.0180 e. The third-order valence-corrected chi connectivity index (χ3v) is 3.29. The van der Waals surface area contributed by atoms with Crippen molar-refractivity contribution in [1.29, 1.82) is 0 Å². The second kappa shape index (κ2) is 9.81. The average Bonchev–Trinajstić information content (AvgIpc) is 2.20. The van der Waals surface area contributed by atoms with E-state index < -0.39 is 0 Å². The highest BCUT2D eigenvalue weighted by molar-refractivity contribution is 7.98. The van der Waals surface area contributed by atoms with Gasteiger partial charge in [0.25, 0.3) is 0 Å². The van der Waals surface area contributed by atoms with Crippen LogP contribution in [-0.2, 0) is 0 Å². The summed E-state index contributed by atoms with van der Waals surface area (Å²) in [5, 5.41) is 3.36. The predicted molar refractivity (Wildman–Crippen MR) is 68.3 cm³/mol. The van der Waals surface area contributed by atoms with E-state index in [4.69, 9.17) is 0 Å². The van der Waals surface area contributed by atoms with Crippen molar-refractivity contribution in [2.45, 2.75) is 32.7 Å². The van der Waals surface area contributed by atoms with Crippen molar-refractivity contribution in [1.82, 2.24) is 10.2 Å². The molecule has 0 heterocycles. The summed E-state index contributed by atoms with van der Waals surface area (Å²) in [5.41, 5.74) is 0. The van der Waals surface area contributed by atoms with Gasteiger partial charge in [0.15, 0.2) is 0 Å². The lowest BCUT2D eigenvalue weighted by Gasteiger charge is -2.26. The van der Waals surface area contributed by atoms with Crippen molar-refractivity contribution in [3.05, 3.63) is 0 Å². The minimum atomic E-state index is 0.756. The van der Waals surface area contributed by atoms with Crippen LogP contribution in [-0.4, -0.2) is 49.6 Å². The first-order chi connectivity index (χ1) is 6.76. The summed E-state index contributed by atoms with van der Waals surface area (Å²) < 4.78 is 0. The van der Waals surface area contributed by atoms with Gasteiger partial charge in [-0.3, -0.25) is 0 Å². The molecule has 1 unspecified atom stereocenters. The smallest absolute Gasteiger partial charge is 0.0180 e. The zero-order valence-corrected chi connectivity index (χ0v) is 11.0. The third-order valence-electron chi connectivity index (χ3n) is 2.57. The molecule has 14 heavy (non-hydrogen) atoms. The number of rotatable bonds is 9. The van der Waals surface area contributed by atoms with Crippen LogP contribution >= 0.6 is 11.8 Å². The molecule has 0 saturated carbocycles. The van der Waals surface area contributed by atoms with Crippen LogP contribution in [0.2, 0.25) is 0 Å². The predicted octanol–water partition coefficient (Wildman–Crippen LogP) is 2.06. The largest absolute Gasteiger partial charge is 0.317 e. The molecule has 0 fully saturated rings. The maximum absolute atomic E-state index is 3.36. The molecular formula is C11H26N2S. The second-order valence-corrected chi connectivity index (χ2v) is 4.62. The van der Waals surface area contributed by atoms with E-state index in [-0.39, 0.29) is 0 Å². The summed E-state index contributed by atoms with van der Waals surface area (Å²) in [4.78, 5) is 2.49. The van der Waals surface area contributed by atoms with E-state index in [0.29, 0.717) is 0 Å². The summed E-state index contributed by atoms with van der Waals surface area (Å²) >= 11 is 1.95. The van der Waals surface area contributed by atoms with Gasteiger partial charge in [-0.25, -0.2) is 0 Å². The van der Waals surface area contributed by atoms with Gasteiger partial charge in [-0.15, -0.1) is 0 Å². The summed E-state index contributed by atoms with van der Waals surface area (Å²) in [6, 6.07) is 0.756. The molecule has 0 bridgehead atoms. The van der Waals surface area contributed by atoms with Crippen molar-refractivity contribution in [2.24, 2.45) is 0 Å². The lowest BCUT2D eigenvalue weighted by atomic mass is 10.2. The Balaban J connectivity index is 3.52. The molecule has 0 amide bonds. The van der Waals surface area contributed by atoms with E-state index in [1.165, 1.54) is 25.1 Å². The Labute approximate surface area is 93.8 Å². The molecule has 0 aromatic heterocycles. The van der Waals surface area contributed by atoms with Crippen LogP contribution in [0.4, 0.5) is 0 Å². The van der Waals surface area contributed by atoms with E-state index in [0.717, 1.165) is 19.1 Å². The molecule has 1 N–H and O–H groups in total. The fourth-order valence-corrected chi connectivity index (χ4v) is 2.44. The van der Waals surface area contributed by atoms with Crippen LogP contribution < -0.4 is 5.32 Å². The van der Waals surface area contributed by atoms with Gasteiger partial charge in [-0.2, -0.15) is 11.8 Å². The lowest BCUT2D eigenvalue weighted by Crippen LogP contribution is -2.35. The minimum absolute atomic E-state index is 0.756. The Bertz CT molecular complexity index is 120. The summed E-state index contributed by atoms with van der Waals surface area (Å²) in [7, 11) is 2.25. The normalized spacial score (nSPS) is 13.5. The SMILES string of the molecule is CCNCCCN(C)C(CC)CSC. The van der Waals surface area contributed by atoms with Crippen molar-refractivity contribution < 1.29 is 0 Å². The van der Waals surface area contributed by atoms with E-state index in [1.54, 1.807) is 0 Å². The molecule has 0 aliphatic rings. The molecule has 0 aliphatic carbocycles. The molecule has 0 aromatic rings. The van der Waals surface area contributed by atoms with Crippen molar-refractivity contribution in [2.75, 3.05) is 38.7 Å². The molecular weight excluding hydrogens is 192 g/mol. The summed E-state index contributed by atoms with van der Waals surface area (Å²) in [5.74, 6) is 1.26. The van der Waals surface area contributed by atoms with Crippen molar-refractivity contribution in [3.63, 3.8) is 0 Å². The van der Waals surface area contributed by atoms with Crippen molar-refractivity contribution in [3.8, 4) is 0 Å². The van der Waals surface area contributed by atoms with E-state index >= 15 is 0 Å². The average molecular weight is 218 g/mol. The monoisotopic (exact) mass is 218 g/mol. The quantitative estimate of drug-likeness (QED) is 0.596. The fraction of sp³-hybridized carbons (Fsp3) is 1.00. The maximum atomic E-state index is 3.36. The van der Waals surface area contributed by atoms with Gasteiger partial charge < -0.3 is 10.2 Å². The molecule has 0 spiro atoms. The third kappa shape index (κ3) is 6.68. The Morgan fingerprint density at radius 3 is 2.57 bits per heavy atom. The highest BCUT2D eigenvalue weighted by Gasteiger charge is 2.10. The van der Waals surface area contributed by atoms with Crippen LogP contribution in [0.1, 0.15) is 26.7 Å². The van der Waals surface area contributed by atoms with Gasteiger partial charge in [0.1, 0.15) is 0 Å². The standard InChI is InChI=1S/C11H26N2S/c1-5-11(10-14-4)13(3)9-7-8-12-6-2/h11-12H,5-10H2,1-4H3. The van der Waals surface area contributed by atoms with Gasteiger partial charge in [0, 0.05) is 11.8 Å². The second-order valence-electron chi connectivity index (χ2n) is 3.71. The molecule has 0 rings (SSSR count). The van der Waals surface area contributed by atoms with Crippen LogP contribution in [0.15, 0.2) is 0 Å². The highest BCUT2D eigenvalue weighted by atomic mass is 32.2. The van der Waals surface area contributed by atoms with Crippen LogP contribution in [0.3, 0.4) is 0 Å². The molecule has 3 heteroatoms. The first-order valence-corrected chi connectivity index (χ1v) is 7.05. The zero-order valence-electron chi connectivity index (χ0n) is 10.2. The summed E-state index contributed by atoms with van der Waals surface area (Å²) in [6.07, 6.45) is 4.71. The molecule has 1 atom stereocenters. The Kier molecular flexibility index (Phi) is 10.0. The number of hydrogen-bond acceptors (Lipinski definition) is 3. The van der Waals surface area contributed by atoms with Gasteiger partial charge >= 0.3 is 0 Å². The number of thioether (sulfide) groups is 1. The molecule has 0 saturated heterocycles. The Morgan fingerprint density at radius 2 is 2.07 bits per heavy atom. The highest BCUT2D eigenvalue weighted by Crippen LogP contribution is 2.08. The van der Waals surface area contributed by atoms with Gasteiger partial charge in [0.05, 0.1) is 0 Å². The van der Waals surface area contributed by atoms with Gasteiger partial charge in [-0.1, -0.05) is 13.8 Å². The first-order valence-electron chi connectivity index (χ1n) is 5.66. The molecule has 0 radical (unpaired) electrons. The molecule has 86 valence electrons. The molecule has 0 aromatic carbocycles. The number of nitrogens with one attached hydrogen (secondary N) is 1. The fourth-order valence-electron chi connectivity index (χ4n) is 1.56. The minimum Gasteiger partial charge on any atom is -0.317 e. The van der Waals surface area contributed by atoms with Gasteiger partial charge in [-0.05, 0) is 45.8 Å². The van der Waals surface area contributed by atoms with Crippen LogP contribution in [0.5, 0.6) is 0 Å². The molecule has 0 aliphatic heterocycles. The topological polar surface area (TPSA) is 15.3 Å². The van der Waals surface area contributed by atoms with E-state index in [1.807, 2.05) is 11.8 Å². The number of nitrogens with zero attached hydrogens (tertiary/aromatic N) is 1. The lowest BCUT2D eigenvalue weighted by molar-refractivity contribution is 0.252.